The highest BCUT2D eigenvalue weighted by atomic mass is 16.4. The van der Waals surface area contributed by atoms with Crippen molar-refractivity contribution in [2.45, 2.75) is 31.8 Å². The molecule has 0 saturated heterocycles. The van der Waals surface area contributed by atoms with Crippen LogP contribution in [0.25, 0.3) is 0 Å². The maximum atomic E-state index is 13.8. The lowest BCUT2D eigenvalue weighted by molar-refractivity contribution is 0.0690. The lowest BCUT2D eigenvalue weighted by Gasteiger charge is -2.35. The number of carbonyl (C=O) groups is 2. The smallest absolute Gasteiger partial charge is 0.336 e. The largest absolute Gasteiger partial charge is 0.478 e. The summed E-state index contributed by atoms with van der Waals surface area (Å²) in [6.07, 6.45) is 0.917. The third kappa shape index (κ3) is 4.16. The van der Waals surface area contributed by atoms with Gasteiger partial charge in [0.2, 0.25) is 0 Å². The van der Waals surface area contributed by atoms with Crippen molar-refractivity contribution in [3.63, 3.8) is 0 Å². The van der Waals surface area contributed by atoms with Crippen molar-refractivity contribution < 1.29 is 14.7 Å². The lowest BCUT2D eigenvalue weighted by Crippen LogP contribution is -2.33. The van der Waals surface area contributed by atoms with E-state index in [1.165, 1.54) is 17.2 Å². The number of carboxylic acid groups (broad SMARTS) is 1. The van der Waals surface area contributed by atoms with Gasteiger partial charge in [-0.2, -0.15) is 0 Å². The Morgan fingerprint density at radius 2 is 1.56 bits per heavy atom. The number of nitrogens with one attached hydrogen (secondary N) is 1. The summed E-state index contributed by atoms with van der Waals surface area (Å²) in [5, 5.41) is 13.2. The van der Waals surface area contributed by atoms with Crippen LogP contribution >= 0.6 is 0 Å². The summed E-state index contributed by atoms with van der Waals surface area (Å²) in [6, 6.07) is 21.0. The third-order valence-corrected chi connectivity index (χ3v) is 6.05. The number of fused-ring (bicyclic) bond motifs is 1. The first-order valence-corrected chi connectivity index (χ1v) is 10.9. The summed E-state index contributed by atoms with van der Waals surface area (Å²) >= 11 is 0. The second-order valence-electron chi connectivity index (χ2n) is 8.57. The first-order valence-electron chi connectivity index (χ1n) is 10.9. The number of Topliss-reactive ketones (excluding diaryl/α,β-unsaturated/α-hetero) is 1. The molecule has 0 spiro atoms. The molecule has 0 amide bonds. The van der Waals surface area contributed by atoms with Gasteiger partial charge >= 0.3 is 5.97 Å². The molecule has 0 fully saturated rings. The highest BCUT2D eigenvalue weighted by Crippen LogP contribution is 2.43. The van der Waals surface area contributed by atoms with Crippen molar-refractivity contribution in [1.29, 1.82) is 0 Å². The van der Waals surface area contributed by atoms with Crippen LogP contribution in [-0.2, 0) is 13.0 Å². The van der Waals surface area contributed by atoms with Crippen LogP contribution in [0.15, 0.2) is 66.7 Å². The van der Waals surface area contributed by atoms with Crippen molar-refractivity contribution in [2.24, 2.45) is 0 Å². The predicted octanol–water partition coefficient (Wildman–Crippen LogP) is 5.14. The Bertz CT molecular complexity index is 1130. The summed E-state index contributed by atoms with van der Waals surface area (Å²) in [5.74, 6) is -1.78. The molecule has 1 aliphatic rings. The van der Waals surface area contributed by atoms with Crippen LogP contribution in [0.1, 0.15) is 61.9 Å². The van der Waals surface area contributed by atoms with Crippen LogP contribution < -0.4 is 5.32 Å². The molecule has 0 aromatic heterocycles. The number of aryl methyl sites for hydroxylation is 1. The highest BCUT2D eigenvalue weighted by Gasteiger charge is 2.39. The lowest BCUT2D eigenvalue weighted by atomic mass is 9.77. The maximum absolute atomic E-state index is 13.8. The molecule has 3 aromatic carbocycles. The van der Waals surface area contributed by atoms with Crippen LogP contribution in [-0.4, -0.2) is 35.9 Å². The van der Waals surface area contributed by atoms with Gasteiger partial charge in [0.1, 0.15) is 0 Å². The van der Waals surface area contributed by atoms with E-state index in [1.807, 2.05) is 38.4 Å². The third-order valence-electron chi connectivity index (χ3n) is 6.05. The molecule has 4 rings (SSSR count). The molecule has 1 aliphatic heterocycles. The average Bonchev–Trinajstić information content (AvgIpc) is 2.79. The quantitative estimate of drug-likeness (QED) is 0.569. The zero-order valence-electron chi connectivity index (χ0n) is 18.6. The van der Waals surface area contributed by atoms with Crippen LogP contribution in [0, 0.1) is 0 Å². The van der Waals surface area contributed by atoms with Crippen molar-refractivity contribution in [3.8, 4) is 0 Å². The molecule has 32 heavy (non-hydrogen) atoms. The highest BCUT2D eigenvalue weighted by molar-refractivity contribution is 6.14. The van der Waals surface area contributed by atoms with Gasteiger partial charge in [-0.25, -0.2) is 4.79 Å². The molecule has 0 aliphatic carbocycles. The van der Waals surface area contributed by atoms with Crippen LogP contribution in [0.2, 0.25) is 0 Å². The van der Waals surface area contributed by atoms with Gasteiger partial charge in [-0.3, -0.25) is 4.79 Å². The van der Waals surface area contributed by atoms with E-state index in [4.69, 9.17) is 0 Å². The standard InChI is InChI=1S/C27H28N2O3/c1-4-17-8-12-19(13-9-17)23-25(20-14-10-18(11-15-20)16-29(2)3)28-22-7-5-6-21(27(31)32)24(22)26(23)30/h5-15,23,25,28H,4,16H2,1-3H3,(H,31,32). The summed E-state index contributed by atoms with van der Waals surface area (Å²) in [7, 11) is 4.06. The Kier molecular flexibility index (Phi) is 6.10. The van der Waals surface area contributed by atoms with Crippen LogP contribution in [0.3, 0.4) is 0 Å². The molecular formula is C27H28N2O3. The normalized spacial score (nSPS) is 17.7. The fraction of sp³-hybridized carbons (Fsp3) is 0.259. The van der Waals surface area contributed by atoms with E-state index in [0.717, 1.165) is 24.1 Å². The van der Waals surface area contributed by atoms with E-state index in [0.29, 0.717) is 5.69 Å². The minimum Gasteiger partial charge on any atom is -0.478 e. The molecule has 3 aromatic rings. The fourth-order valence-electron chi connectivity index (χ4n) is 4.45. The Labute approximate surface area is 188 Å². The van der Waals surface area contributed by atoms with Gasteiger partial charge in [0, 0.05) is 12.2 Å². The molecule has 1 heterocycles. The average molecular weight is 429 g/mol. The Morgan fingerprint density at radius 3 is 2.16 bits per heavy atom. The molecule has 2 atom stereocenters. The summed E-state index contributed by atoms with van der Waals surface area (Å²) < 4.78 is 0. The summed E-state index contributed by atoms with van der Waals surface area (Å²) in [6.45, 7) is 2.93. The molecule has 0 bridgehead atoms. The fourth-order valence-corrected chi connectivity index (χ4v) is 4.45. The minimum atomic E-state index is -1.09. The molecule has 5 nitrogen and oxygen atoms in total. The Balaban J connectivity index is 1.81. The number of carboxylic acids is 1. The topological polar surface area (TPSA) is 69.6 Å². The van der Waals surface area contributed by atoms with Gasteiger partial charge in [0.25, 0.3) is 0 Å². The number of carbonyl (C=O) groups excluding carboxylic acids is 1. The molecule has 5 heteroatoms. The number of benzene rings is 3. The second-order valence-corrected chi connectivity index (χ2v) is 8.57. The number of anilines is 1. The molecule has 0 radical (unpaired) electrons. The number of aromatic carboxylic acids is 1. The van der Waals surface area contributed by atoms with Crippen molar-refractivity contribution in [1.82, 2.24) is 4.90 Å². The predicted molar refractivity (Wildman–Crippen MR) is 126 cm³/mol. The number of ketones is 1. The van der Waals surface area contributed by atoms with E-state index >= 15 is 0 Å². The van der Waals surface area contributed by atoms with E-state index in [9.17, 15) is 14.7 Å². The van der Waals surface area contributed by atoms with Crippen molar-refractivity contribution >= 4 is 17.4 Å². The summed E-state index contributed by atoms with van der Waals surface area (Å²) in [4.78, 5) is 27.7. The second kappa shape index (κ2) is 8.97. The van der Waals surface area contributed by atoms with Crippen LogP contribution in [0.4, 0.5) is 5.69 Å². The Hall–Kier alpha value is -3.44. The number of nitrogens with zero attached hydrogens (tertiary/aromatic N) is 1. The number of hydrogen-bond acceptors (Lipinski definition) is 4. The monoisotopic (exact) mass is 428 g/mol. The molecule has 0 saturated carbocycles. The van der Waals surface area contributed by atoms with E-state index < -0.39 is 11.9 Å². The van der Waals surface area contributed by atoms with E-state index in [1.54, 1.807) is 12.1 Å². The molecule has 2 unspecified atom stereocenters. The first kappa shape index (κ1) is 21.8. The first-order chi connectivity index (χ1) is 15.4. The zero-order valence-corrected chi connectivity index (χ0v) is 18.6. The number of hydrogen-bond donors (Lipinski definition) is 2. The Morgan fingerprint density at radius 1 is 0.938 bits per heavy atom. The van der Waals surface area contributed by atoms with Crippen molar-refractivity contribution in [3.05, 3.63) is 100 Å². The van der Waals surface area contributed by atoms with Gasteiger partial charge in [-0.05, 0) is 54.9 Å². The van der Waals surface area contributed by atoms with Gasteiger partial charge in [0.15, 0.2) is 5.78 Å². The molecule has 2 N–H and O–H groups in total. The van der Waals surface area contributed by atoms with Gasteiger partial charge in [-0.1, -0.05) is 61.5 Å². The van der Waals surface area contributed by atoms with Crippen LogP contribution in [0.5, 0.6) is 0 Å². The minimum absolute atomic E-state index is 0.0370. The van der Waals surface area contributed by atoms with Gasteiger partial charge in [0.05, 0.1) is 23.1 Å². The molecule has 164 valence electrons. The zero-order chi connectivity index (χ0) is 22.8. The number of rotatable bonds is 6. The maximum Gasteiger partial charge on any atom is 0.336 e. The summed E-state index contributed by atoms with van der Waals surface area (Å²) in [5.41, 5.74) is 5.13. The van der Waals surface area contributed by atoms with E-state index in [2.05, 4.69) is 41.4 Å². The van der Waals surface area contributed by atoms with Crippen molar-refractivity contribution in [2.75, 3.05) is 19.4 Å². The van der Waals surface area contributed by atoms with E-state index in [-0.39, 0.29) is 23.0 Å². The molecular weight excluding hydrogens is 400 g/mol. The SMILES string of the molecule is CCc1ccc(C2C(=O)c3c(cccc3C(=O)O)NC2c2ccc(CN(C)C)cc2)cc1. The van der Waals surface area contributed by atoms with Gasteiger partial charge in [-0.15, -0.1) is 0 Å². The van der Waals surface area contributed by atoms with Gasteiger partial charge < -0.3 is 15.3 Å².